The molecule has 0 aliphatic heterocycles. The van der Waals surface area contributed by atoms with E-state index in [-0.39, 0.29) is 11.5 Å². The van der Waals surface area contributed by atoms with Crippen LogP contribution < -0.4 is 10.9 Å². The Hall–Kier alpha value is -1.64. The Balaban J connectivity index is 2.06. The zero-order valence-corrected chi connectivity index (χ0v) is 13.0. The van der Waals surface area contributed by atoms with Gasteiger partial charge in [0.15, 0.2) is 9.84 Å². The molecule has 0 bridgehead atoms. The fourth-order valence-corrected chi connectivity index (χ4v) is 3.63. The number of rotatable bonds is 6. The normalized spacial score (nSPS) is 11.3. The minimum atomic E-state index is -3.40. The van der Waals surface area contributed by atoms with E-state index in [1.165, 1.54) is 48.5 Å². The van der Waals surface area contributed by atoms with Crippen LogP contribution in [-0.2, 0) is 21.3 Å². The number of benzene rings is 2. The van der Waals surface area contributed by atoms with Gasteiger partial charge in [0, 0.05) is 0 Å². The highest BCUT2D eigenvalue weighted by Gasteiger charge is 2.16. The van der Waals surface area contributed by atoms with Crippen molar-refractivity contribution in [3.05, 3.63) is 59.7 Å². The van der Waals surface area contributed by atoms with Crippen molar-refractivity contribution in [2.75, 3.05) is 0 Å². The smallest absolute Gasteiger partial charge is 0.423 e. The zero-order valence-electron chi connectivity index (χ0n) is 12.2. The van der Waals surface area contributed by atoms with Crippen molar-refractivity contribution in [1.82, 2.24) is 0 Å². The van der Waals surface area contributed by atoms with Gasteiger partial charge in [0.05, 0.1) is 11.5 Å². The second-order valence-electron chi connectivity index (χ2n) is 5.26. The van der Waals surface area contributed by atoms with Crippen LogP contribution in [-0.4, -0.2) is 42.8 Å². The molecule has 0 fully saturated rings. The molecule has 120 valence electrons. The summed E-state index contributed by atoms with van der Waals surface area (Å²) in [6.45, 7) is 0. The van der Waals surface area contributed by atoms with Gasteiger partial charge >= 0.3 is 14.2 Å². The second kappa shape index (κ2) is 7.29. The Labute approximate surface area is 135 Å². The minimum Gasteiger partial charge on any atom is -0.423 e. The molecule has 0 heterocycles. The Bertz CT molecular complexity index is 682. The largest absolute Gasteiger partial charge is 0.488 e. The maximum absolute atomic E-state index is 12.2. The van der Waals surface area contributed by atoms with Crippen LogP contribution in [0, 0.1) is 0 Å². The van der Waals surface area contributed by atoms with E-state index in [4.69, 9.17) is 20.1 Å². The first-order chi connectivity index (χ1) is 10.8. The van der Waals surface area contributed by atoms with E-state index < -0.39 is 24.1 Å². The summed E-state index contributed by atoms with van der Waals surface area (Å²) in [5, 5.41) is 36.0. The molecule has 9 heteroatoms. The highest BCUT2D eigenvalue weighted by molar-refractivity contribution is 7.89. The fourth-order valence-electron chi connectivity index (χ4n) is 2.13. The van der Waals surface area contributed by atoms with Gasteiger partial charge in [-0.15, -0.1) is 0 Å². The van der Waals surface area contributed by atoms with Gasteiger partial charge in [0.25, 0.3) is 0 Å². The Morgan fingerprint density at radius 2 is 0.957 bits per heavy atom. The number of sulfone groups is 1. The first-order valence-corrected chi connectivity index (χ1v) is 8.69. The van der Waals surface area contributed by atoms with Crippen LogP contribution >= 0.6 is 0 Å². The highest BCUT2D eigenvalue weighted by atomic mass is 32.2. The molecule has 0 aliphatic carbocycles. The third-order valence-corrected chi connectivity index (χ3v) is 4.88. The average molecular weight is 334 g/mol. The molecule has 0 saturated carbocycles. The van der Waals surface area contributed by atoms with Crippen molar-refractivity contribution >= 4 is 35.0 Å². The van der Waals surface area contributed by atoms with Crippen molar-refractivity contribution < 1.29 is 28.5 Å². The molecule has 0 atom stereocenters. The Morgan fingerprint density at radius 1 is 0.652 bits per heavy atom. The molecule has 6 nitrogen and oxygen atoms in total. The van der Waals surface area contributed by atoms with E-state index in [0.717, 1.165) is 0 Å². The summed E-state index contributed by atoms with van der Waals surface area (Å²) in [5.41, 5.74) is 1.70. The van der Waals surface area contributed by atoms with Crippen LogP contribution in [0.1, 0.15) is 11.1 Å². The quantitative estimate of drug-likeness (QED) is 0.462. The average Bonchev–Trinajstić information content (AvgIpc) is 2.47. The summed E-state index contributed by atoms with van der Waals surface area (Å²) in [4.78, 5) is 0. The molecule has 2 aromatic carbocycles. The van der Waals surface area contributed by atoms with Crippen LogP contribution in [0.3, 0.4) is 0 Å². The predicted molar refractivity (Wildman–Crippen MR) is 88.9 cm³/mol. The molecule has 0 radical (unpaired) electrons. The minimum absolute atomic E-state index is 0.167. The van der Waals surface area contributed by atoms with Gasteiger partial charge in [-0.1, -0.05) is 48.5 Å². The van der Waals surface area contributed by atoms with Gasteiger partial charge in [0.2, 0.25) is 0 Å². The number of hydrogen-bond donors (Lipinski definition) is 4. The maximum atomic E-state index is 12.2. The van der Waals surface area contributed by atoms with Crippen molar-refractivity contribution in [3.8, 4) is 0 Å². The first-order valence-electron chi connectivity index (χ1n) is 6.87. The van der Waals surface area contributed by atoms with Gasteiger partial charge in [0.1, 0.15) is 0 Å². The topological polar surface area (TPSA) is 115 Å². The molecule has 0 aliphatic rings. The molecule has 0 aromatic heterocycles. The van der Waals surface area contributed by atoms with E-state index >= 15 is 0 Å². The van der Waals surface area contributed by atoms with Crippen molar-refractivity contribution in [2.45, 2.75) is 11.5 Å². The summed E-state index contributed by atoms with van der Waals surface area (Å²) in [6.07, 6.45) is 0. The van der Waals surface area contributed by atoms with E-state index in [1.54, 1.807) is 0 Å². The molecule has 0 amide bonds. The summed E-state index contributed by atoms with van der Waals surface area (Å²) in [7, 11) is -6.57. The molecule has 2 rings (SSSR count). The lowest BCUT2D eigenvalue weighted by Crippen LogP contribution is -2.29. The first kappa shape index (κ1) is 17.7. The zero-order chi connectivity index (χ0) is 17.0. The summed E-state index contributed by atoms with van der Waals surface area (Å²) < 4.78 is 24.4. The standard InChI is InChI=1S/C14H16B2O6S/c17-15(18)13-5-1-11(2-6-13)9-23(21,22)10-12-3-7-14(8-4-12)16(19)20/h1-8,17-20H,9-10H2. The van der Waals surface area contributed by atoms with E-state index in [1.807, 2.05) is 0 Å². The lowest BCUT2D eigenvalue weighted by atomic mass is 9.80. The molecular formula is C14H16B2O6S. The fraction of sp³-hybridized carbons (Fsp3) is 0.143. The Kier molecular flexibility index (Phi) is 5.61. The SMILES string of the molecule is O=S(=O)(Cc1ccc(B(O)O)cc1)Cc1ccc(B(O)O)cc1. The van der Waals surface area contributed by atoms with E-state index in [2.05, 4.69) is 0 Å². The molecule has 0 saturated heterocycles. The molecule has 2 aromatic rings. The molecule has 4 N–H and O–H groups in total. The molecule has 0 spiro atoms. The second-order valence-corrected chi connectivity index (χ2v) is 7.33. The van der Waals surface area contributed by atoms with Gasteiger partial charge in [-0.2, -0.15) is 0 Å². The van der Waals surface area contributed by atoms with Crippen LogP contribution in [0.5, 0.6) is 0 Å². The van der Waals surface area contributed by atoms with Crippen LogP contribution in [0.25, 0.3) is 0 Å². The van der Waals surface area contributed by atoms with Gasteiger partial charge in [-0.25, -0.2) is 8.42 Å². The van der Waals surface area contributed by atoms with E-state index in [9.17, 15) is 8.42 Å². The summed E-state index contributed by atoms with van der Waals surface area (Å²) >= 11 is 0. The molecular weight excluding hydrogens is 318 g/mol. The van der Waals surface area contributed by atoms with Crippen LogP contribution in [0.4, 0.5) is 0 Å². The maximum Gasteiger partial charge on any atom is 0.488 e. The third kappa shape index (κ3) is 5.19. The van der Waals surface area contributed by atoms with Crippen LogP contribution in [0.2, 0.25) is 0 Å². The Morgan fingerprint density at radius 3 is 1.22 bits per heavy atom. The lowest BCUT2D eigenvalue weighted by molar-refractivity contribution is 0.424. The van der Waals surface area contributed by atoms with Crippen LogP contribution in [0.15, 0.2) is 48.5 Å². The van der Waals surface area contributed by atoms with Crippen molar-refractivity contribution in [1.29, 1.82) is 0 Å². The summed E-state index contributed by atoms with van der Waals surface area (Å²) in [5.74, 6) is -0.335. The molecule has 23 heavy (non-hydrogen) atoms. The summed E-state index contributed by atoms with van der Waals surface area (Å²) in [6, 6.07) is 12.0. The van der Waals surface area contributed by atoms with Gasteiger partial charge in [-0.3, -0.25) is 0 Å². The van der Waals surface area contributed by atoms with Gasteiger partial charge < -0.3 is 20.1 Å². The monoisotopic (exact) mass is 334 g/mol. The highest BCUT2D eigenvalue weighted by Crippen LogP contribution is 2.11. The van der Waals surface area contributed by atoms with Gasteiger partial charge in [-0.05, 0) is 22.1 Å². The van der Waals surface area contributed by atoms with E-state index in [0.29, 0.717) is 22.1 Å². The molecule has 0 unspecified atom stereocenters. The third-order valence-electron chi connectivity index (χ3n) is 3.33. The predicted octanol–water partition coefficient (Wildman–Crippen LogP) is -1.84. The van der Waals surface area contributed by atoms with Crippen molar-refractivity contribution in [2.24, 2.45) is 0 Å². The van der Waals surface area contributed by atoms with Crippen molar-refractivity contribution in [3.63, 3.8) is 0 Å². The number of hydrogen-bond acceptors (Lipinski definition) is 6. The lowest BCUT2D eigenvalue weighted by Gasteiger charge is -2.07.